The molecule has 1 heterocycles. The number of hydrogen-bond donors (Lipinski definition) is 2. The minimum Gasteiger partial charge on any atom is -0.481 e. The number of carbonyl (C=O) groups is 3. The molecule has 7 heteroatoms. The fraction of sp³-hybridized carbons (Fsp3) is 0.200. The van der Waals surface area contributed by atoms with Gasteiger partial charge in [-0.25, -0.2) is 0 Å². The van der Waals surface area contributed by atoms with Crippen molar-refractivity contribution in [3.63, 3.8) is 0 Å². The molecule has 0 spiro atoms. The Morgan fingerprint density at radius 3 is 2.45 bits per heavy atom. The largest absolute Gasteiger partial charge is 0.481 e. The third-order valence-electron chi connectivity index (χ3n) is 2.98. The van der Waals surface area contributed by atoms with E-state index in [1.165, 1.54) is 17.7 Å². The average molecular weight is 301 g/mol. The fourth-order valence-electron chi connectivity index (χ4n) is 1.80. The molecule has 0 saturated heterocycles. The molecule has 0 aliphatic rings. The van der Waals surface area contributed by atoms with Gasteiger partial charge in [-0.3, -0.25) is 19.1 Å². The molecule has 2 rings (SSSR count). The molecule has 1 aromatic heterocycles. The zero-order valence-electron chi connectivity index (χ0n) is 11.9. The standard InChI is InChI=1S/C15H15N3O4/c1-10(19)11-2-4-12(5-3-11)16-15(22)13-6-8-18(17-13)9-7-14(20)21/h2-6,8H,7,9H2,1H3,(H,16,22)(H,20,21). The van der Waals surface area contributed by atoms with Crippen LogP contribution in [0, 0.1) is 0 Å². The number of benzene rings is 1. The van der Waals surface area contributed by atoms with Crippen LogP contribution < -0.4 is 5.32 Å². The number of carboxylic acids is 1. The summed E-state index contributed by atoms with van der Waals surface area (Å²) in [6, 6.07) is 8.04. The van der Waals surface area contributed by atoms with Gasteiger partial charge >= 0.3 is 5.97 Å². The van der Waals surface area contributed by atoms with E-state index in [9.17, 15) is 14.4 Å². The summed E-state index contributed by atoms with van der Waals surface area (Å²) in [4.78, 5) is 33.7. The molecule has 2 N–H and O–H groups in total. The molecule has 2 aromatic rings. The average Bonchev–Trinajstić information content (AvgIpc) is 2.94. The van der Waals surface area contributed by atoms with Crippen LogP contribution in [0.15, 0.2) is 36.5 Å². The van der Waals surface area contributed by atoms with Crippen molar-refractivity contribution in [1.29, 1.82) is 0 Å². The monoisotopic (exact) mass is 301 g/mol. The first-order valence-electron chi connectivity index (χ1n) is 6.63. The molecule has 0 saturated carbocycles. The second-order valence-electron chi connectivity index (χ2n) is 4.70. The van der Waals surface area contributed by atoms with Gasteiger partial charge in [0.1, 0.15) is 0 Å². The van der Waals surface area contributed by atoms with E-state index >= 15 is 0 Å². The SMILES string of the molecule is CC(=O)c1ccc(NC(=O)c2ccn(CCC(=O)O)n2)cc1. The second kappa shape index (κ2) is 6.66. The summed E-state index contributed by atoms with van der Waals surface area (Å²) >= 11 is 0. The van der Waals surface area contributed by atoms with E-state index in [-0.39, 0.29) is 24.4 Å². The quantitative estimate of drug-likeness (QED) is 0.792. The Kier molecular flexibility index (Phi) is 4.67. The Morgan fingerprint density at radius 1 is 1.18 bits per heavy atom. The van der Waals surface area contributed by atoms with Gasteiger partial charge in [0.15, 0.2) is 11.5 Å². The van der Waals surface area contributed by atoms with E-state index in [1.54, 1.807) is 30.5 Å². The molecule has 1 amide bonds. The number of aliphatic carboxylic acids is 1. The molecule has 0 fully saturated rings. The Labute approximate surface area is 126 Å². The van der Waals surface area contributed by atoms with Crippen molar-refractivity contribution in [2.45, 2.75) is 19.9 Å². The van der Waals surface area contributed by atoms with Gasteiger partial charge in [0.25, 0.3) is 5.91 Å². The summed E-state index contributed by atoms with van der Waals surface area (Å²) in [6.45, 7) is 1.67. The summed E-state index contributed by atoms with van der Waals surface area (Å²) in [5, 5.41) is 15.3. The summed E-state index contributed by atoms with van der Waals surface area (Å²) in [5.41, 5.74) is 1.31. The third kappa shape index (κ3) is 4.02. The Hall–Kier alpha value is -2.96. The number of ketones is 1. The van der Waals surface area contributed by atoms with Gasteiger partial charge in [-0.15, -0.1) is 0 Å². The van der Waals surface area contributed by atoms with Gasteiger partial charge in [0, 0.05) is 17.4 Å². The number of carboxylic acid groups (broad SMARTS) is 1. The lowest BCUT2D eigenvalue weighted by molar-refractivity contribution is -0.137. The Balaban J connectivity index is 1.99. The summed E-state index contributed by atoms with van der Waals surface area (Å²) in [7, 11) is 0. The van der Waals surface area contributed by atoms with E-state index in [1.807, 2.05) is 0 Å². The highest BCUT2D eigenvalue weighted by Crippen LogP contribution is 2.11. The summed E-state index contributed by atoms with van der Waals surface area (Å²) in [6.07, 6.45) is 1.49. The van der Waals surface area contributed by atoms with Crippen LogP contribution in [-0.2, 0) is 11.3 Å². The van der Waals surface area contributed by atoms with Crippen LogP contribution in [0.25, 0.3) is 0 Å². The van der Waals surface area contributed by atoms with Crippen molar-refractivity contribution in [1.82, 2.24) is 9.78 Å². The topological polar surface area (TPSA) is 101 Å². The minimum atomic E-state index is -0.924. The van der Waals surface area contributed by atoms with Crippen LogP contribution >= 0.6 is 0 Å². The minimum absolute atomic E-state index is 0.0462. The van der Waals surface area contributed by atoms with Gasteiger partial charge < -0.3 is 10.4 Å². The maximum atomic E-state index is 12.0. The first-order valence-corrected chi connectivity index (χ1v) is 6.63. The first kappa shape index (κ1) is 15.4. The number of Topliss-reactive ketones (excluding diaryl/α,β-unsaturated/α-hetero) is 1. The number of hydrogen-bond acceptors (Lipinski definition) is 4. The van der Waals surface area contributed by atoms with Gasteiger partial charge in [0.2, 0.25) is 0 Å². The van der Waals surface area contributed by atoms with Gasteiger partial charge in [-0.05, 0) is 37.3 Å². The number of nitrogens with zero attached hydrogens (tertiary/aromatic N) is 2. The van der Waals surface area contributed by atoms with Crippen molar-refractivity contribution >= 4 is 23.3 Å². The van der Waals surface area contributed by atoms with E-state index < -0.39 is 11.9 Å². The molecule has 0 radical (unpaired) electrons. The Morgan fingerprint density at radius 2 is 1.86 bits per heavy atom. The molecule has 7 nitrogen and oxygen atoms in total. The smallest absolute Gasteiger partial charge is 0.305 e. The number of carbonyl (C=O) groups excluding carboxylic acids is 2. The molecule has 22 heavy (non-hydrogen) atoms. The van der Waals surface area contributed by atoms with Crippen molar-refractivity contribution in [2.75, 3.05) is 5.32 Å². The lowest BCUT2D eigenvalue weighted by atomic mass is 10.1. The van der Waals surface area contributed by atoms with Gasteiger partial charge in [0.05, 0.1) is 13.0 Å². The highest BCUT2D eigenvalue weighted by atomic mass is 16.4. The van der Waals surface area contributed by atoms with E-state index in [2.05, 4.69) is 10.4 Å². The number of aryl methyl sites for hydroxylation is 1. The van der Waals surface area contributed by atoms with Crippen LogP contribution in [0.2, 0.25) is 0 Å². The number of anilines is 1. The fourth-order valence-corrected chi connectivity index (χ4v) is 1.80. The lowest BCUT2D eigenvalue weighted by Crippen LogP contribution is -2.14. The zero-order chi connectivity index (χ0) is 16.1. The molecule has 114 valence electrons. The van der Waals surface area contributed by atoms with E-state index in [0.29, 0.717) is 11.3 Å². The maximum Gasteiger partial charge on any atom is 0.305 e. The zero-order valence-corrected chi connectivity index (χ0v) is 11.9. The van der Waals surface area contributed by atoms with Gasteiger partial charge in [-0.2, -0.15) is 5.10 Å². The molecular formula is C15H15N3O4. The summed E-state index contributed by atoms with van der Waals surface area (Å²) < 4.78 is 1.40. The maximum absolute atomic E-state index is 12.0. The number of rotatable bonds is 6. The van der Waals surface area contributed by atoms with Crippen LogP contribution in [0.1, 0.15) is 34.2 Å². The molecule has 1 aromatic carbocycles. The van der Waals surface area contributed by atoms with Crippen LogP contribution in [0.3, 0.4) is 0 Å². The van der Waals surface area contributed by atoms with E-state index in [0.717, 1.165) is 0 Å². The molecule has 0 bridgehead atoms. The highest BCUT2D eigenvalue weighted by molar-refractivity contribution is 6.03. The highest BCUT2D eigenvalue weighted by Gasteiger charge is 2.10. The predicted octanol–water partition coefficient (Wildman–Crippen LogP) is 1.81. The molecule has 0 atom stereocenters. The normalized spacial score (nSPS) is 10.2. The first-order chi connectivity index (χ1) is 10.5. The lowest BCUT2D eigenvalue weighted by Gasteiger charge is -2.04. The molecule has 0 aliphatic heterocycles. The summed E-state index contributed by atoms with van der Waals surface area (Å²) in [5.74, 6) is -1.37. The second-order valence-corrected chi connectivity index (χ2v) is 4.70. The number of amides is 1. The molecule has 0 unspecified atom stereocenters. The third-order valence-corrected chi connectivity index (χ3v) is 2.98. The van der Waals surface area contributed by atoms with Gasteiger partial charge in [-0.1, -0.05) is 0 Å². The van der Waals surface area contributed by atoms with Crippen LogP contribution in [0.5, 0.6) is 0 Å². The number of aromatic nitrogens is 2. The van der Waals surface area contributed by atoms with Crippen molar-refractivity contribution < 1.29 is 19.5 Å². The van der Waals surface area contributed by atoms with Crippen molar-refractivity contribution in [2.24, 2.45) is 0 Å². The number of nitrogens with one attached hydrogen (secondary N) is 1. The Bertz CT molecular complexity index is 704. The predicted molar refractivity (Wildman–Crippen MR) is 78.9 cm³/mol. The van der Waals surface area contributed by atoms with Crippen molar-refractivity contribution in [3.05, 3.63) is 47.8 Å². The van der Waals surface area contributed by atoms with Crippen LogP contribution in [0.4, 0.5) is 5.69 Å². The molecular weight excluding hydrogens is 286 g/mol. The van der Waals surface area contributed by atoms with Crippen molar-refractivity contribution in [3.8, 4) is 0 Å². The van der Waals surface area contributed by atoms with E-state index in [4.69, 9.17) is 5.11 Å². The van der Waals surface area contributed by atoms with Crippen LogP contribution in [-0.4, -0.2) is 32.5 Å². The molecule has 0 aliphatic carbocycles.